The van der Waals surface area contributed by atoms with Crippen molar-refractivity contribution >= 4 is 5.97 Å². The normalized spacial score (nSPS) is 36.3. The summed E-state index contributed by atoms with van der Waals surface area (Å²) in [5.41, 5.74) is 0. The zero-order valence-corrected chi connectivity index (χ0v) is 9.05. The van der Waals surface area contributed by atoms with Gasteiger partial charge in [-0.2, -0.15) is 0 Å². The molecular formula is C10H18O5. The SMILES string of the molecule is CCC1OC(COC(C)=O)CC(O)C1O. The van der Waals surface area contributed by atoms with Crippen LogP contribution in [-0.2, 0) is 14.3 Å². The van der Waals surface area contributed by atoms with Gasteiger partial charge in [0.05, 0.1) is 18.3 Å². The Hall–Kier alpha value is -0.650. The first-order valence-corrected chi connectivity index (χ1v) is 5.19. The molecule has 1 rings (SSSR count). The summed E-state index contributed by atoms with van der Waals surface area (Å²) in [6, 6.07) is 0. The number of rotatable bonds is 3. The molecule has 1 aliphatic heterocycles. The number of ether oxygens (including phenoxy) is 2. The van der Waals surface area contributed by atoms with E-state index in [1.54, 1.807) is 0 Å². The van der Waals surface area contributed by atoms with E-state index in [2.05, 4.69) is 0 Å². The molecule has 2 N–H and O–H groups in total. The summed E-state index contributed by atoms with van der Waals surface area (Å²) in [6.45, 7) is 3.33. The number of carbonyl (C=O) groups is 1. The number of hydrogen-bond donors (Lipinski definition) is 2. The van der Waals surface area contributed by atoms with E-state index in [-0.39, 0.29) is 24.8 Å². The minimum atomic E-state index is -0.844. The quantitative estimate of drug-likeness (QED) is 0.644. The molecule has 0 aromatic heterocycles. The molecule has 0 amide bonds. The first-order valence-electron chi connectivity index (χ1n) is 5.19. The summed E-state index contributed by atoms with van der Waals surface area (Å²) < 4.78 is 10.3. The van der Waals surface area contributed by atoms with Crippen molar-refractivity contribution in [1.29, 1.82) is 0 Å². The lowest BCUT2D eigenvalue weighted by Crippen LogP contribution is -2.49. The zero-order valence-electron chi connectivity index (χ0n) is 9.05. The maximum absolute atomic E-state index is 10.6. The van der Waals surface area contributed by atoms with E-state index in [1.807, 2.05) is 6.92 Å². The molecule has 0 bridgehead atoms. The number of hydrogen-bond acceptors (Lipinski definition) is 5. The third-order valence-corrected chi connectivity index (χ3v) is 2.52. The number of carbonyl (C=O) groups excluding carboxylic acids is 1. The maximum Gasteiger partial charge on any atom is 0.302 e. The van der Waals surface area contributed by atoms with Gasteiger partial charge < -0.3 is 19.7 Å². The van der Waals surface area contributed by atoms with Crippen molar-refractivity contribution in [3.8, 4) is 0 Å². The molecule has 4 atom stereocenters. The molecule has 0 radical (unpaired) electrons. The third-order valence-electron chi connectivity index (χ3n) is 2.52. The minimum absolute atomic E-state index is 0.135. The van der Waals surface area contributed by atoms with Crippen LogP contribution in [0.15, 0.2) is 0 Å². The first kappa shape index (κ1) is 12.4. The lowest BCUT2D eigenvalue weighted by Gasteiger charge is -2.36. The molecule has 1 fully saturated rings. The maximum atomic E-state index is 10.6. The molecule has 4 unspecified atom stereocenters. The lowest BCUT2D eigenvalue weighted by atomic mass is 9.97. The smallest absolute Gasteiger partial charge is 0.302 e. The van der Waals surface area contributed by atoms with Crippen molar-refractivity contribution in [3.05, 3.63) is 0 Å². The summed E-state index contributed by atoms with van der Waals surface area (Å²) in [4.78, 5) is 10.6. The van der Waals surface area contributed by atoms with Crippen molar-refractivity contribution in [2.24, 2.45) is 0 Å². The molecular weight excluding hydrogens is 200 g/mol. The highest BCUT2D eigenvalue weighted by Crippen LogP contribution is 2.22. The van der Waals surface area contributed by atoms with Gasteiger partial charge in [-0.15, -0.1) is 0 Å². The monoisotopic (exact) mass is 218 g/mol. The summed E-state index contributed by atoms with van der Waals surface area (Å²) >= 11 is 0. The van der Waals surface area contributed by atoms with Crippen LogP contribution in [0.4, 0.5) is 0 Å². The Morgan fingerprint density at radius 3 is 2.73 bits per heavy atom. The van der Waals surface area contributed by atoms with Crippen LogP contribution in [0.5, 0.6) is 0 Å². The fourth-order valence-corrected chi connectivity index (χ4v) is 1.70. The Morgan fingerprint density at radius 1 is 1.53 bits per heavy atom. The Balaban J connectivity index is 2.44. The molecule has 0 aliphatic carbocycles. The Kier molecular flexibility index (Phi) is 4.50. The molecule has 1 aliphatic rings. The van der Waals surface area contributed by atoms with Gasteiger partial charge in [-0.25, -0.2) is 0 Å². The van der Waals surface area contributed by atoms with Crippen molar-refractivity contribution in [3.63, 3.8) is 0 Å². The van der Waals surface area contributed by atoms with Gasteiger partial charge in [0.2, 0.25) is 0 Å². The summed E-state index contributed by atoms with van der Waals surface area (Å²) in [5, 5.41) is 19.1. The molecule has 1 saturated heterocycles. The lowest BCUT2D eigenvalue weighted by molar-refractivity contribution is -0.185. The fraction of sp³-hybridized carbons (Fsp3) is 0.900. The van der Waals surface area contributed by atoms with E-state index in [1.165, 1.54) is 6.92 Å². The minimum Gasteiger partial charge on any atom is -0.463 e. The second-order valence-corrected chi connectivity index (χ2v) is 3.80. The van der Waals surface area contributed by atoms with E-state index >= 15 is 0 Å². The summed E-state index contributed by atoms with van der Waals surface area (Å²) in [7, 11) is 0. The highest BCUT2D eigenvalue weighted by molar-refractivity contribution is 5.65. The predicted octanol–water partition coefficient (Wildman–Crippen LogP) is -0.161. The highest BCUT2D eigenvalue weighted by atomic mass is 16.6. The molecule has 5 nitrogen and oxygen atoms in total. The predicted molar refractivity (Wildman–Crippen MR) is 52.2 cm³/mol. The van der Waals surface area contributed by atoms with Gasteiger partial charge in [0, 0.05) is 13.3 Å². The number of aliphatic hydroxyl groups excluding tert-OH is 2. The molecule has 1 heterocycles. The molecule has 0 aromatic carbocycles. The Labute approximate surface area is 89.0 Å². The van der Waals surface area contributed by atoms with E-state index in [9.17, 15) is 15.0 Å². The van der Waals surface area contributed by atoms with Crippen LogP contribution in [0.2, 0.25) is 0 Å². The second kappa shape index (κ2) is 5.44. The van der Waals surface area contributed by atoms with Gasteiger partial charge in [0.15, 0.2) is 0 Å². The average molecular weight is 218 g/mol. The standard InChI is InChI=1S/C10H18O5/c1-3-9-10(13)8(12)4-7(15-9)5-14-6(2)11/h7-10,12-13H,3-5H2,1-2H3. The Morgan fingerprint density at radius 2 is 2.20 bits per heavy atom. The van der Waals surface area contributed by atoms with Crippen LogP contribution in [0, 0.1) is 0 Å². The number of aliphatic hydroxyl groups is 2. The molecule has 0 saturated carbocycles. The summed E-state index contributed by atoms with van der Waals surface area (Å²) in [6.07, 6.45) is -1.43. The zero-order chi connectivity index (χ0) is 11.4. The van der Waals surface area contributed by atoms with Crippen LogP contribution < -0.4 is 0 Å². The largest absolute Gasteiger partial charge is 0.463 e. The van der Waals surface area contributed by atoms with Crippen molar-refractivity contribution in [1.82, 2.24) is 0 Å². The van der Waals surface area contributed by atoms with Gasteiger partial charge in [-0.1, -0.05) is 6.92 Å². The van der Waals surface area contributed by atoms with Gasteiger partial charge in [-0.05, 0) is 6.42 Å². The highest BCUT2D eigenvalue weighted by Gasteiger charge is 2.35. The van der Waals surface area contributed by atoms with Crippen LogP contribution in [-0.4, -0.2) is 47.2 Å². The van der Waals surface area contributed by atoms with E-state index < -0.39 is 12.2 Å². The topological polar surface area (TPSA) is 76.0 Å². The van der Waals surface area contributed by atoms with Crippen molar-refractivity contribution in [2.75, 3.05) is 6.61 Å². The van der Waals surface area contributed by atoms with Gasteiger partial charge in [0.25, 0.3) is 0 Å². The van der Waals surface area contributed by atoms with Crippen molar-refractivity contribution < 1.29 is 24.5 Å². The molecule has 0 spiro atoms. The number of esters is 1. The van der Waals surface area contributed by atoms with Crippen LogP contribution in [0.25, 0.3) is 0 Å². The molecule has 5 heteroatoms. The van der Waals surface area contributed by atoms with Gasteiger partial charge in [-0.3, -0.25) is 4.79 Å². The first-order chi connectivity index (χ1) is 7.04. The fourth-order valence-electron chi connectivity index (χ4n) is 1.70. The van der Waals surface area contributed by atoms with E-state index in [0.29, 0.717) is 12.8 Å². The Bertz CT molecular complexity index is 218. The third kappa shape index (κ3) is 3.44. The molecule has 88 valence electrons. The second-order valence-electron chi connectivity index (χ2n) is 3.80. The average Bonchev–Trinajstić information content (AvgIpc) is 2.19. The van der Waals surface area contributed by atoms with E-state index in [4.69, 9.17) is 9.47 Å². The van der Waals surface area contributed by atoms with Gasteiger partial charge >= 0.3 is 5.97 Å². The summed E-state index contributed by atoms with van der Waals surface area (Å²) in [5.74, 6) is -0.368. The van der Waals surface area contributed by atoms with Gasteiger partial charge in [0.1, 0.15) is 12.7 Å². The van der Waals surface area contributed by atoms with Crippen molar-refractivity contribution in [2.45, 2.75) is 51.1 Å². The van der Waals surface area contributed by atoms with E-state index in [0.717, 1.165) is 0 Å². The van der Waals surface area contributed by atoms with Crippen LogP contribution >= 0.6 is 0 Å². The van der Waals surface area contributed by atoms with Crippen LogP contribution in [0.1, 0.15) is 26.7 Å². The van der Waals surface area contributed by atoms with Crippen LogP contribution in [0.3, 0.4) is 0 Å². The molecule has 15 heavy (non-hydrogen) atoms. The molecule has 0 aromatic rings.